The second kappa shape index (κ2) is 9.32. The minimum Gasteiger partial charge on any atom is -0.497 e. The molecule has 10 heteroatoms. The summed E-state index contributed by atoms with van der Waals surface area (Å²) in [6.45, 7) is 1.75. The molecule has 2 aliphatic rings. The van der Waals surface area contributed by atoms with E-state index in [-0.39, 0.29) is 24.0 Å². The number of methoxy groups -OCH3 is 3. The summed E-state index contributed by atoms with van der Waals surface area (Å²) in [5.74, 6) is 1.56. The summed E-state index contributed by atoms with van der Waals surface area (Å²) in [5, 5.41) is 2.92. The van der Waals surface area contributed by atoms with E-state index in [1.165, 1.54) is 30.7 Å². The molecule has 4 rings (SSSR count). The van der Waals surface area contributed by atoms with E-state index in [4.69, 9.17) is 14.2 Å². The molecule has 0 saturated heterocycles. The van der Waals surface area contributed by atoms with Gasteiger partial charge in [-0.1, -0.05) is 12.1 Å². The Bertz CT molecular complexity index is 1180. The lowest BCUT2D eigenvalue weighted by Gasteiger charge is -2.23. The average molecular weight is 474 g/mol. The SMILES string of the molecule is COc1cccc(CNC(=O)N2CC3=C(C2)CN(S(=O)(=O)c2ccc(OC)c(OC)c2)C3)c1. The normalized spacial score (nSPS) is 16.0. The Morgan fingerprint density at radius 3 is 2.24 bits per heavy atom. The van der Waals surface area contributed by atoms with Gasteiger partial charge < -0.3 is 24.4 Å². The number of nitrogens with one attached hydrogen (secondary N) is 1. The molecule has 0 unspecified atom stereocenters. The lowest BCUT2D eigenvalue weighted by Crippen LogP contribution is -2.41. The quantitative estimate of drug-likeness (QED) is 0.620. The van der Waals surface area contributed by atoms with Gasteiger partial charge >= 0.3 is 6.03 Å². The Balaban J connectivity index is 1.35. The number of hydrogen-bond donors (Lipinski definition) is 1. The van der Waals surface area contributed by atoms with Crippen LogP contribution in [0.1, 0.15) is 5.56 Å². The van der Waals surface area contributed by atoms with Crippen molar-refractivity contribution in [3.8, 4) is 17.2 Å². The van der Waals surface area contributed by atoms with Crippen LogP contribution in [0.4, 0.5) is 4.79 Å². The van der Waals surface area contributed by atoms with Crippen LogP contribution in [0, 0.1) is 0 Å². The number of ether oxygens (including phenoxy) is 3. The summed E-state index contributed by atoms with van der Waals surface area (Å²) in [6, 6.07) is 11.9. The van der Waals surface area contributed by atoms with Gasteiger partial charge in [0.15, 0.2) is 11.5 Å². The highest BCUT2D eigenvalue weighted by atomic mass is 32.2. The molecule has 0 bridgehead atoms. The molecular formula is C23H27N3O6S. The fraction of sp³-hybridized carbons (Fsp3) is 0.348. The average Bonchev–Trinajstić information content (AvgIpc) is 3.42. The van der Waals surface area contributed by atoms with Crippen LogP contribution in [-0.4, -0.2) is 71.2 Å². The monoisotopic (exact) mass is 473 g/mol. The van der Waals surface area contributed by atoms with Crippen LogP contribution in [0.25, 0.3) is 0 Å². The van der Waals surface area contributed by atoms with Gasteiger partial charge in [-0.25, -0.2) is 13.2 Å². The zero-order valence-corrected chi connectivity index (χ0v) is 19.6. The van der Waals surface area contributed by atoms with Crippen LogP contribution in [0.2, 0.25) is 0 Å². The van der Waals surface area contributed by atoms with E-state index in [2.05, 4.69) is 5.32 Å². The van der Waals surface area contributed by atoms with E-state index in [0.29, 0.717) is 31.1 Å². The summed E-state index contributed by atoms with van der Waals surface area (Å²) in [6.07, 6.45) is 0. The molecule has 0 atom stereocenters. The van der Waals surface area contributed by atoms with Crippen molar-refractivity contribution in [1.82, 2.24) is 14.5 Å². The van der Waals surface area contributed by atoms with Gasteiger partial charge in [0.05, 0.1) is 26.2 Å². The van der Waals surface area contributed by atoms with Gasteiger partial charge in [0.25, 0.3) is 0 Å². The van der Waals surface area contributed by atoms with Gasteiger partial charge in [-0.3, -0.25) is 0 Å². The third-order valence-corrected chi connectivity index (χ3v) is 7.64. The van der Waals surface area contributed by atoms with Crippen molar-refractivity contribution in [2.24, 2.45) is 0 Å². The van der Waals surface area contributed by atoms with Crippen LogP contribution in [0.15, 0.2) is 58.5 Å². The predicted molar refractivity (Wildman–Crippen MR) is 122 cm³/mol. The van der Waals surface area contributed by atoms with E-state index in [0.717, 1.165) is 22.5 Å². The number of urea groups is 1. The van der Waals surface area contributed by atoms with Crippen molar-refractivity contribution in [1.29, 1.82) is 0 Å². The fourth-order valence-corrected chi connectivity index (χ4v) is 5.50. The molecule has 1 N–H and O–H groups in total. The highest BCUT2D eigenvalue weighted by Gasteiger charge is 2.37. The minimum absolute atomic E-state index is 0.147. The van der Waals surface area contributed by atoms with Gasteiger partial charge in [-0.05, 0) is 41.0 Å². The number of nitrogens with zero attached hydrogens (tertiary/aromatic N) is 2. The summed E-state index contributed by atoms with van der Waals surface area (Å²) >= 11 is 0. The smallest absolute Gasteiger partial charge is 0.318 e. The summed E-state index contributed by atoms with van der Waals surface area (Å²) in [4.78, 5) is 14.5. The van der Waals surface area contributed by atoms with Crippen molar-refractivity contribution < 1.29 is 27.4 Å². The molecule has 2 aromatic carbocycles. The first-order valence-corrected chi connectivity index (χ1v) is 11.9. The summed E-state index contributed by atoms with van der Waals surface area (Å²) in [5.41, 5.74) is 2.88. The fourth-order valence-electron chi connectivity index (χ4n) is 4.06. The first-order valence-electron chi connectivity index (χ1n) is 10.4. The molecule has 0 aliphatic carbocycles. The first-order chi connectivity index (χ1) is 15.8. The maximum absolute atomic E-state index is 13.2. The summed E-state index contributed by atoms with van der Waals surface area (Å²) in [7, 11) is 0.863. The third-order valence-electron chi connectivity index (χ3n) is 5.86. The Morgan fingerprint density at radius 1 is 0.909 bits per heavy atom. The molecule has 0 spiro atoms. The van der Waals surface area contributed by atoms with Crippen LogP contribution in [-0.2, 0) is 16.6 Å². The number of hydrogen-bond acceptors (Lipinski definition) is 6. The zero-order chi connectivity index (χ0) is 23.6. The van der Waals surface area contributed by atoms with Crippen molar-refractivity contribution >= 4 is 16.1 Å². The van der Waals surface area contributed by atoms with Crippen molar-refractivity contribution in [2.45, 2.75) is 11.4 Å². The highest BCUT2D eigenvalue weighted by molar-refractivity contribution is 7.89. The zero-order valence-electron chi connectivity index (χ0n) is 18.8. The van der Waals surface area contributed by atoms with Crippen molar-refractivity contribution in [3.63, 3.8) is 0 Å². The maximum Gasteiger partial charge on any atom is 0.318 e. The molecule has 2 aromatic rings. The molecule has 0 fully saturated rings. The Morgan fingerprint density at radius 2 is 1.61 bits per heavy atom. The second-order valence-corrected chi connectivity index (χ2v) is 9.80. The molecule has 0 radical (unpaired) electrons. The maximum atomic E-state index is 13.2. The highest BCUT2D eigenvalue weighted by Crippen LogP contribution is 2.34. The van der Waals surface area contributed by atoms with Gasteiger partial charge in [0.2, 0.25) is 10.0 Å². The number of carbonyl (C=O) groups excluding carboxylic acids is 1. The van der Waals surface area contributed by atoms with Gasteiger partial charge in [-0.15, -0.1) is 0 Å². The van der Waals surface area contributed by atoms with Crippen LogP contribution in [0.3, 0.4) is 0 Å². The first kappa shape index (κ1) is 22.9. The van der Waals surface area contributed by atoms with Gasteiger partial charge in [-0.2, -0.15) is 4.31 Å². The van der Waals surface area contributed by atoms with E-state index in [1.807, 2.05) is 24.3 Å². The number of benzene rings is 2. The van der Waals surface area contributed by atoms with E-state index in [9.17, 15) is 13.2 Å². The van der Waals surface area contributed by atoms with Crippen molar-refractivity contribution in [2.75, 3.05) is 47.5 Å². The number of carbonyl (C=O) groups is 1. The number of amides is 2. The predicted octanol–water partition coefficient (Wildman–Crippen LogP) is 2.24. The third kappa shape index (κ3) is 4.62. The second-order valence-electron chi connectivity index (χ2n) is 7.86. The Hall–Kier alpha value is -3.24. The number of rotatable bonds is 7. The molecule has 2 heterocycles. The van der Waals surface area contributed by atoms with Crippen molar-refractivity contribution in [3.05, 3.63) is 59.2 Å². The number of sulfonamides is 1. The minimum atomic E-state index is -3.70. The lowest BCUT2D eigenvalue weighted by molar-refractivity contribution is 0.208. The molecule has 33 heavy (non-hydrogen) atoms. The van der Waals surface area contributed by atoms with E-state index in [1.54, 1.807) is 18.1 Å². The van der Waals surface area contributed by atoms with Gasteiger partial charge in [0, 0.05) is 38.8 Å². The summed E-state index contributed by atoms with van der Waals surface area (Å²) < 4.78 is 43.4. The molecule has 0 saturated carbocycles. The standard InChI is InChI=1S/C23H27N3O6S/c1-30-19-6-4-5-16(9-19)11-24-23(27)25-12-17-14-26(15-18(17)13-25)33(28,29)20-7-8-21(31-2)22(10-20)32-3/h4-10H,11-15H2,1-3H3,(H,24,27). The van der Waals surface area contributed by atoms with E-state index < -0.39 is 10.0 Å². The molecule has 9 nitrogen and oxygen atoms in total. The Kier molecular flexibility index (Phi) is 6.48. The molecule has 0 aromatic heterocycles. The molecule has 2 aliphatic heterocycles. The van der Waals surface area contributed by atoms with E-state index >= 15 is 0 Å². The molecule has 176 valence electrons. The lowest BCUT2D eigenvalue weighted by atomic mass is 10.2. The largest absolute Gasteiger partial charge is 0.497 e. The topological polar surface area (TPSA) is 97.4 Å². The van der Waals surface area contributed by atoms with Crippen LogP contribution in [0.5, 0.6) is 17.2 Å². The van der Waals surface area contributed by atoms with Gasteiger partial charge in [0.1, 0.15) is 5.75 Å². The molecule has 2 amide bonds. The van der Waals surface area contributed by atoms with Crippen LogP contribution >= 0.6 is 0 Å². The Labute approximate surface area is 193 Å². The van der Waals surface area contributed by atoms with Crippen LogP contribution < -0.4 is 19.5 Å². The molecular weight excluding hydrogens is 446 g/mol.